The summed E-state index contributed by atoms with van der Waals surface area (Å²) in [5, 5.41) is 2.70. The van der Waals surface area contributed by atoms with E-state index in [4.69, 9.17) is 9.47 Å². The predicted octanol–water partition coefficient (Wildman–Crippen LogP) is 3.48. The van der Waals surface area contributed by atoms with E-state index in [0.29, 0.717) is 12.2 Å². The van der Waals surface area contributed by atoms with Gasteiger partial charge in [0.15, 0.2) is 11.6 Å². The molecule has 4 nitrogen and oxygen atoms in total. The van der Waals surface area contributed by atoms with Gasteiger partial charge in [-0.3, -0.25) is 4.79 Å². The topological polar surface area (TPSA) is 47.6 Å². The first-order valence-electron chi connectivity index (χ1n) is 7.60. The predicted molar refractivity (Wildman–Crippen MR) is 86.5 cm³/mol. The van der Waals surface area contributed by atoms with Crippen LogP contribution in [0, 0.1) is 18.6 Å². The van der Waals surface area contributed by atoms with Gasteiger partial charge in [-0.1, -0.05) is 0 Å². The summed E-state index contributed by atoms with van der Waals surface area (Å²) < 4.78 is 36.5. The lowest BCUT2D eigenvalue weighted by Crippen LogP contribution is -2.28. The Morgan fingerprint density at radius 3 is 2.54 bits per heavy atom. The minimum atomic E-state index is -0.971. The van der Waals surface area contributed by atoms with Crippen molar-refractivity contribution in [1.29, 1.82) is 0 Å². The van der Waals surface area contributed by atoms with E-state index >= 15 is 0 Å². The summed E-state index contributed by atoms with van der Waals surface area (Å²) in [6.07, 6.45) is 0. The van der Waals surface area contributed by atoms with Crippen molar-refractivity contribution in [3.05, 3.63) is 59.2 Å². The molecule has 24 heavy (non-hydrogen) atoms. The van der Waals surface area contributed by atoms with Crippen LogP contribution < -0.4 is 14.8 Å². The zero-order valence-electron chi connectivity index (χ0n) is 13.6. The molecule has 2 rings (SSSR count). The lowest BCUT2D eigenvalue weighted by Gasteiger charge is -2.10. The Kier molecular flexibility index (Phi) is 6.12. The quantitative estimate of drug-likeness (QED) is 0.788. The molecular formula is C18H19F2NO3. The third-order valence-corrected chi connectivity index (χ3v) is 3.28. The van der Waals surface area contributed by atoms with Crippen molar-refractivity contribution >= 4 is 5.91 Å². The molecule has 0 saturated carbocycles. The summed E-state index contributed by atoms with van der Waals surface area (Å²) in [7, 11) is 0. The van der Waals surface area contributed by atoms with Gasteiger partial charge < -0.3 is 14.8 Å². The van der Waals surface area contributed by atoms with Crippen LogP contribution in [-0.2, 0) is 0 Å². The molecule has 0 heterocycles. The van der Waals surface area contributed by atoms with Crippen molar-refractivity contribution in [2.24, 2.45) is 0 Å². The molecule has 1 amide bonds. The van der Waals surface area contributed by atoms with Gasteiger partial charge in [-0.05, 0) is 49.7 Å². The molecule has 2 aromatic carbocycles. The van der Waals surface area contributed by atoms with Crippen LogP contribution in [-0.4, -0.2) is 25.7 Å². The molecule has 0 fully saturated rings. The molecule has 0 spiro atoms. The van der Waals surface area contributed by atoms with Crippen LogP contribution in [0.4, 0.5) is 8.78 Å². The van der Waals surface area contributed by atoms with E-state index in [2.05, 4.69) is 5.32 Å². The lowest BCUT2D eigenvalue weighted by atomic mass is 10.1. The van der Waals surface area contributed by atoms with Crippen molar-refractivity contribution in [1.82, 2.24) is 5.32 Å². The number of carbonyl (C=O) groups excluding carboxylic acids is 1. The van der Waals surface area contributed by atoms with Crippen molar-refractivity contribution in [3.8, 4) is 11.5 Å². The fourth-order valence-corrected chi connectivity index (χ4v) is 2.11. The largest absolute Gasteiger partial charge is 0.494 e. The normalized spacial score (nSPS) is 10.3. The second-order valence-electron chi connectivity index (χ2n) is 5.09. The molecule has 0 aliphatic carbocycles. The third kappa shape index (κ3) is 4.68. The smallest absolute Gasteiger partial charge is 0.251 e. The molecule has 0 radical (unpaired) electrons. The second kappa shape index (κ2) is 8.29. The Bertz CT molecular complexity index is 719. The minimum absolute atomic E-state index is 0.146. The van der Waals surface area contributed by atoms with E-state index < -0.39 is 11.6 Å². The Morgan fingerprint density at radius 1 is 1.08 bits per heavy atom. The molecule has 0 aliphatic heterocycles. The van der Waals surface area contributed by atoms with Gasteiger partial charge in [0.25, 0.3) is 5.91 Å². The molecule has 2 aromatic rings. The maximum absolute atomic E-state index is 13.0. The molecule has 6 heteroatoms. The number of rotatable bonds is 7. The van der Waals surface area contributed by atoms with Crippen molar-refractivity contribution in [3.63, 3.8) is 0 Å². The Balaban J connectivity index is 1.82. The highest BCUT2D eigenvalue weighted by Gasteiger charge is 2.08. The third-order valence-electron chi connectivity index (χ3n) is 3.28. The van der Waals surface area contributed by atoms with Gasteiger partial charge >= 0.3 is 0 Å². The number of hydrogen-bond donors (Lipinski definition) is 1. The minimum Gasteiger partial charge on any atom is -0.494 e. The summed E-state index contributed by atoms with van der Waals surface area (Å²) >= 11 is 0. The SMILES string of the molecule is CCOc1ccc(C(=O)NCCOc2ccc(F)c(F)c2)cc1C. The molecule has 128 valence electrons. The van der Waals surface area contributed by atoms with Crippen LogP contribution >= 0.6 is 0 Å². The van der Waals surface area contributed by atoms with Crippen LogP contribution in [0.15, 0.2) is 36.4 Å². The summed E-state index contributed by atoms with van der Waals surface area (Å²) in [4.78, 5) is 12.1. The van der Waals surface area contributed by atoms with E-state index in [0.717, 1.165) is 23.4 Å². The number of halogens is 2. The summed E-state index contributed by atoms with van der Waals surface area (Å²) in [6.45, 7) is 4.71. The fourth-order valence-electron chi connectivity index (χ4n) is 2.11. The number of hydrogen-bond acceptors (Lipinski definition) is 3. The molecule has 0 atom stereocenters. The fraction of sp³-hybridized carbons (Fsp3) is 0.278. The van der Waals surface area contributed by atoms with Crippen molar-refractivity contribution in [2.45, 2.75) is 13.8 Å². The Hall–Kier alpha value is -2.63. The first-order valence-corrected chi connectivity index (χ1v) is 7.60. The standard InChI is InChI=1S/C18H19F2NO3/c1-3-23-17-7-4-13(10-12(17)2)18(22)21-8-9-24-14-5-6-15(19)16(20)11-14/h4-7,10-11H,3,8-9H2,1-2H3,(H,21,22). The van der Waals surface area contributed by atoms with Gasteiger partial charge in [-0.2, -0.15) is 0 Å². The zero-order chi connectivity index (χ0) is 17.5. The zero-order valence-corrected chi connectivity index (χ0v) is 13.6. The highest BCUT2D eigenvalue weighted by molar-refractivity contribution is 5.94. The summed E-state index contributed by atoms with van der Waals surface area (Å²) in [5.41, 5.74) is 1.39. The van der Waals surface area contributed by atoms with Gasteiger partial charge in [0, 0.05) is 11.6 Å². The average Bonchev–Trinajstić information content (AvgIpc) is 2.56. The molecule has 0 bridgehead atoms. The van der Waals surface area contributed by atoms with E-state index in [9.17, 15) is 13.6 Å². The van der Waals surface area contributed by atoms with E-state index in [1.54, 1.807) is 18.2 Å². The average molecular weight is 335 g/mol. The summed E-state index contributed by atoms with van der Waals surface area (Å²) in [6, 6.07) is 8.47. The Labute approximate surface area is 139 Å². The van der Waals surface area contributed by atoms with Crippen LogP contribution in [0.3, 0.4) is 0 Å². The molecule has 0 unspecified atom stereocenters. The molecule has 0 aliphatic rings. The number of ether oxygens (including phenoxy) is 2. The van der Waals surface area contributed by atoms with Gasteiger partial charge in [-0.15, -0.1) is 0 Å². The van der Waals surface area contributed by atoms with Crippen LogP contribution in [0.5, 0.6) is 11.5 Å². The van der Waals surface area contributed by atoms with E-state index in [1.807, 2.05) is 13.8 Å². The second-order valence-corrected chi connectivity index (χ2v) is 5.09. The van der Waals surface area contributed by atoms with Crippen molar-refractivity contribution < 1.29 is 23.0 Å². The number of nitrogens with one attached hydrogen (secondary N) is 1. The first-order chi connectivity index (χ1) is 11.5. The molecule has 0 saturated heterocycles. The maximum atomic E-state index is 13.0. The number of aryl methyl sites for hydroxylation is 1. The van der Waals surface area contributed by atoms with Crippen molar-refractivity contribution in [2.75, 3.05) is 19.8 Å². The van der Waals surface area contributed by atoms with Gasteiger partial charge in [0.05, 0.1) is 13.2 Å². The van der Waals surface area contributed by atoms with Gasteiger partial charge in [0.2, 0.25) is 0 Å². The van der Waals surface area contributed by atoms with Gasteiger partial charge in [0.1, 0.15) is 18.1 Å². The number of benzene rings is 2. The maximum Gasteiger partial charge on any atom is 0.251 e. The Morgan fingerprint density at radius 2 is 1.88 bits per heavy atom. The molecular weight excluding hydrogens is 316 g/mol. The highest BCUT2D eigenvalue weighted by atomic mass is 19.2. The van der Waals surface area contributed by atoms with E-state index in [1.165, 1.54) is 6.07 Å². The molecule has 1 N–H and O–H groups in total. The lowest BCUT2D eigenvalue weighted by molar-refractivity contribution is 0.0947. The number of amides is 1. The number of carbonyl (C=O) groups is 1. The first kappa shape index (κ1) is 17.7. The van der Waals surface area contributed by atoms with Crippen LogP contribution in [0.1, 0.15) is 22.8 Å². The molecule has 0 aromatic heterocycles. The van der Waals surface area contributed by atoms with Gasteiger partial charge in [-0.25, -0.2) is 8.78 Å². The monoisotopic (exact) mass is 335 g/mol. The van der Waals surface area contributed by atoms with E-state index in [-0.39, 0.29) is 24.8 Å². The highest BCUT2D eigenvalue weighted by Crippen LogP contribution is 2.19. The summed E-state index contributed by atoms with van der Waals surface area (Å²) in [5.74, 6) is -1.19. The van der Waals surface area contributed by atoms with Crippen LogP contribution in [0.2, 0.25) is 0 Å². The van der Waals surface area contributed by atoms with Crippen LogP contribution in [0.25, 0.3) is 0 Å².